The van der Waals surface area contributed by atoms with Crippen LogP contribution < -0.4 is 5.73 Å². The van der Waals surface area contributed by atoms with Gasteiger partial charge in [-0.15, -0.1) is 0 Å². The van der Waals surface area contributed by atoms with Gasteiger partial charge in [-0.25, -0.2) is 0 Å². The Hall–Kier alpha value is 0.310. The van der Waals surface area contributed by atoms with Crippen LogP contribution >= 0.6 is 11.8 Å². The minimum Gasteiger partial charge on any atom is -0.327 e. The Morgan fingerprint density at radius 1 is 1.50 bits per heavy atom. The summed E-state index contributed by atoms with van der Waals surface area (Å²) in [5.74, 6) is 3.49. The van der Waals surface area contributed by atoms with Gasteiger partial charge < -0.3 is 5.73 Å². The molecule has 0 radical (unpaired) electrons. The summed E-state index contributed by atoms with van der Waals surface area (Å²) in [4.78, 5) is 0. The van der Waals surface area contributed by atoms with E-state index in [0.29, 0.717) is 6.04 Å². The number of rotatable bonds is 7. The van der Waals surface area contributed by atoms with Crippen molar-refractivity contribution in [2.75, 3.05) is 11.5 Å². The maximum Gasteiger partial charge on any atom is 0.0130 e. The molecule has 72 valence electrons. The molecule has 0 heterocycles. The van der Waals surface area contributed by atoms with Crippen molar-refractivity contribution in [3.63, 3.8) is 0 Å². The predicted molar refractivity (Wildman–Crippen MR) is 57.5 cm³/mol. The first-order chi connectivity index (χ1) is 5.83. The van der Waals surface area contributed by atoms with Crippen LogP contribution in [-0.2, 0) is 0 Å². The summed E-state index contributed by atoms with van der Waals surface area (Å²) in [6.45, 7) is 2.22. The third kappa shape index (κ3) is 5.04. The van der Waals surface area contributed by atoms with Gasteiger partial charge in [-0.2, -0.15) is 11.8 Å². The molecular formula is C10H21NS. The lowest BCUT2D eigenvalue weighted by molar-refractivity contribution is 0.591. The van der Waals surface area contributed by atoms with Gasteiger partial charge in [0, 0.05) is 11.8 Å². The van der Waals surface area contributed by atoms with Crippen molar-refractivity contribution in [2.45, 2.75) is 45.1 Å². The Morgan fingerprint density at radius 2 is 2.25 bits per heavy atom. The molecule has 12 heavy (non-hydrogen) atoms. The second-order valence-electron chi connectivity index (χ2n) is 3.86. The topological polar surface area (TPSA) is 26.0 Å². The number of nitrogens with two attached hydrogens (primary N) is 1. The molecule has 2 N–H and O–H groups in total. The van der Waals surface area contributed by atoms with Crippen molar-refractivity contribution >= 4 is 11.8 Å². The zero-order valence-electron chi connectivity index (χ0n) is 8.09. The zero-order chi connectivity index (χ0) is 8.81. The summed E-state index contributed by atoms with van der Waals surface area (Å²) < 4.78 is 0. The first-order valence-electron chi connectivity index (χ1n) is 5.16. The summed E-state index contributed by atoms with van der Waals surface area (Å²) in [6, 6.07) is 0.460. The summed E-state index contributed by atoms with van der Waals surface area (Å²) in [5.41, 5.74) is 5.97. The van der Waals surface area contributed by atoms with Crippen LogP contribution in [0.2, 0.25) is 0 Å². The molecule has 0 aromatic heterocycles. The molecule has 1 nitrogen and oxygen atoms in total. The normalized spacial score (nSPS) is 19.5. The van der Waals surface area contributed by atoms with Gasteiger partial charge in [0.2, 0.25) is 0 Å². The van der Waals surface area contributed by atoms with Crippen LogP contribution in [0.4, 0.5) is 0 Å². The summed E-state index contributed by atoms with van der Waals surface area (Å²) >= 11 is 2.01. The molecule has 1 saturated carbocycles. The van der Waals surface area contributed by atoms with Gasteiger partial charge >= 0.3 is 0 Å². The van der Waals surface area contributed by atoms with E-state index in [2.05, 4.69) is 6.92 Å². The fourth-order valence-electron chi connectivity index (χ4n) is 1.32. The molecule has 0 aliphatic heterocycles. The van der Waals surface area contributed by atoms with Crippen molar-refractivity contribution < 1.29 is 0 Å². The largest absolute Gasteiger partial charge is 0.327 e. The molecule has 0 bridgehead atoms. The molecule has 0 aromatic rings. The average Bonchev–Trinajstić information content (AvgIpc) is 2.84. The van der Waals surface area contributed by atoms with Gasteiger partial charge in [-0.05, 0) is 30.9 Å². The molecule has 0 aromatic carbocycles. The highest BCUT2D eigenvalue weighted by molar-refractivity contribution is 7.99. The molecule has 0 spiro atoms. The third-order valence-corrected chi connectivity index (χ3v) is 3.68. The zero-order valence-corrected chi connectivity index (χ0v) is 8.91. The second-order valence-corrected chi connectivity index (χ2v) is 5.01. The number of thioether (sulfide) groups is 1. The Morgan fingerprint density at radius 3 is 2.83 bits per heavy atom. The second kappa shape index (κ2) is 5.87. The minimum atomic E-state index is 0.460. The number of hydrogen-bond donors (Lipinski definition) is 1. The fraction of sp³-hybridized carbons (Fsp3) is 1.00. The maximum atomic E-state index is 5.97. The Kier molecular flexibility index (Phi) is 5.08. The Labute approximate surface area is 80.5 Å². The Balaban J connectivity index is 1.84. The van der Waals surface area contributed by atoms with Gasteiger partial charge in [0.05, 0.1) is 0 Å². The van der Waals surface area contributed by atoms with Crippen molar-refractivity contribution in [3.05, 3.63) is 0 Å². The van der Waals surface area contributed by atoms with E-state index >= 15 is 0 Å². The van der Waals surface area contributed by atoms with E-state index in [-0.39, 0.29) is 0 Å². The first-order valence-corrected chi connectivity index (χ1v) is 6.31. The molecule has 2 heteroatoms. The molecule has 0 amide bonds. The van der Waals surface area contributed by atoms with Gasteiger partial charge in [0.1, 0.15) is 0 Å². The van der Waals surface area contributed by atoms with E-state index in [1.54, 1.807) is 0 Å². The van der Waals surface area contributed by atoms with Gasteiger partial charge in [-0.1, -0.05) is 19.8 Å². The van der Waals surface area contributed by atoms with E-state index < -0.39 is 0 Å². The quantitative estimate of drug-likeness (QED) is 0.620. The van der Waals surface area contributed by atoms with Crippen LogP contribution in [0.15, 0.2) is 0 Å². The Bertz CT molecular complexity index is 112. The van der Waals surface area contributed by atoms with E-state index in [9.17, 15) is 0 Å². The van der Waals surface area contributed by atoms with Gasteiger partial charge in [-0.3, -0.25) is 0 Å². The highest BCUT2D eigenvalue weighted by Gasteiger charge is 2.21. The van der Waals surface area contributed by atoms with E-state index in [1.807, 2.05) is 11.8 Å². The molecule has 1 aliphatic carbocycles. The van der Waals surface area contributed by atoms with Crippen molar-refractivity contribution in [3.8, 4) is 0 Å². The predicted octanol–water partition coefficient (Wildman–Crippen LogP) is 2.65. The fourth-order valence-corrected chi connectivity index (χ4v) is 2.24. The summed E-state index contributed by atoms with van der Waals surface area (Å²) in [6.07, 6.45) is 6.85. The highest BCUT2D eigenvalue weighted by Crippen LogP contribution is 2.33. The molecule has 1 aliphatic rings. The molecule has 1 fully saturated rings. The van der Waals surface area contributed by atoms with Crippen LogP contribution in [-0.4, -0.2) is 17.5 Å². The molecule has 0 saturated heterocycles. The minimum absolute atomic E-state index is 0.460. The van der Waals surface area contributed by atoms with Crippen LogP contribution in [0.25, 0.3) is 0 Å². The first kappa shape index (κ1) is 10.4. The van der Waals surface area contributed by atoms with Crippen LogP contribution in [0.3, 0.4) is 0 Å². The van der Waals surface area contributed by atoms with E-state index in [1.165, 1.54) is 43.6 Å². The van der Waals surface area contributed by atoms with Crippen molar-refractivity contribution in [2.24, 2.45) is 11.7 Å². The van der Waals surface area contributed by atoms with Gasteiger partial charge in [0.25, 0.3) is 0 Å². The lowest BCUT2D eigenvalue weighted by Gasteiger charge is -2.09. The third-order valence-electron chi connectivity index (χ3n) is 2.32. The highest BCUT2D eigenvalue weighted by atomic mass is 32.2. The van der Waals surface area contributed by atoms with E-state index in [0.717, 1.165) is 5.92 Å². The molecular weight excluding hydrogens is 166 g/mol. The smallest absolute Gasteiger partial charge is 0.0130 e. The summed E-state index contributed by atoms with van der Waals surface area (Å²) in [5, 5.41) is 0. The standard InChI is InChI=1S/C10H21NS/c1-2-7-12-8-10(11)6-5-9-3-4-9/h9-10H,2-8,11H2,1H3. The average molecular weight is 187 g/mol. The SMILES string of the molecule is CCCSCC(N)CCC1CC1. The maximum absolute atomic E-state index is 5.97. The number of hydrogen-bond acceptors (Lipinski definition) is 2. The molecule has 1 atom stereocenters. The van der Waals surface area contributed by atoms with E-state index in [4.69, 9.17) is 5.73 Å². The van der Waals surface area contributed by atoms with Crippen molar-refractivity contribution in [1.82, 2.24) is 0 Å². The van der Waals surface area contributed by atoms with Crippen molar-refractivity contribution in [1.29, 1.82) is 0 Å². The van der Waals surface area contributed by atoms with Crippen LogP contribution in [0.5, 0.6) is 0 Å². The lowest BCUT2D eigenvalue weighted by Crippen LogP contribution is -2.22. The van der Waals surface area contributed by atoms with Crippen LogP contribution in [0, 0.1) is 5.92 Å². The lowest BCUT2D eigenvalue weighted by atomic mass is 10.1. The molecule has 1 unspecified atom stereocenters. The van der Waals surface area contributed by atoms with Crippen LogP contribution in [0.1, 0.15) is 39.0 Å². The monoisotopic (exact) mass is 187 g/mol. The summed E-state index contributed by atoms with van der Waals surface area (Å²) in [7, 11) is 0. The molecule has 1 rings (SSSR count). The van der Waals surface area contributed by atoms with Gasteiger partial charge in [0.15, 0.2) is 0 Å².